The number of benzene rings is 2. The molecule has 0 unspecified atom stereocenters. The second-order valence-electron chi connectivity index (χ2n) is 5.85. The summed E-state index contributed by atoms with van der Waals surface area (Å²) in [5, 5.41) is 3.36. The summed E-state index contributed by atoms with van der Waals surface area (Å²) in [7, 11) is 1.66. The van der Waals surface area contributed by atoms with E-state index in [1.807, 2.05) is 36.4 Å². The fourth-order valence-corrected chi connectivity index (χ4v) is 2.82. The van der Waals surface area contributed by atoms with Crippen LogP contribution in [0.1, 0.15) is 12.5 Å². The molecule has 1 heterocycles. The maximum Gasteiger partial charge on any atom is 0.164 e. The molecule has 5 nitrogen and oxygen atoms in total. The predicted molar refractivity (Wildman–Crippen MR) is 104 cm³/mol. The molecule has 0 radical (unpaired) electrons. The molecule has 0 aromatic heterocycles. The van der Waals surface area contributed by atoms with Crippen LogP contribution in [-0.4, -0.2) is 39.5 Å². The first-order chi connectivity index (χ1) is 12.3. The van der Waals surface area contributed by atoms with Gasteiger partial charge in [-0.15, -0.1) is 12.4 Å². The summed E-state index contributed by atoms with van der Waals surface area (Å²) in [5.41, 5.74) is 1.15. The van der Waals surface area contributed by atoms with Crippen molar-refractivity contribution in [2.45, 2.75) is 19.4 Å². The van der Waals surface area contributed by atoms with Gasteiger partial charge in [0.05, 0.1) is 7.11 Å². The number of halogens is 1. The van der Waals surface area contributed by atoms with Gasteiger partial charge in [0.15, 0.2) is 23.0 Å². The van der Waals surface area contributed by atoms with Crippen molar-refractivity contribution >= 4 is 12.4 Å². The van der Waals surface area contributed by atoms with Crippen molar-refractivity contribution in [3.63, 3.8) is 0 Å². The first-order valence-corrected chi connectivity index (χ1v) is 8.69. The summed E-state index contributed by atoms with van der Waals surface area (Å²) in [6.45, 7) is 4.67. The third-order valence-electron chi connectivity index (χ3n) is 4.13. The van der Waals surface area contributed by atoms with Gasteiger partial charge in [-0.2, -0.15) is 0 Å². The minimum Gasteiger partial charge on any atom is -0.493 e. The molecule has 1 atom stereocenters. The lowest BCUT2D eigenvalue weighted by molar-refractivity contribution is 0.0897. The van der Waals surface area contributed by atoms with E-state index in [-0.39, 0.29) is 18.5 Å². The molecule has 26 heavy (non-hydrogen) atoms. The Kier molecular flexibility index (Phi) is 7.88. The summed E-state index contributed by atoms with van der Waals surface area (Å²) in [4.78, 5) is 0. The monoisotopic (exact) mass is 379 g/mol. The molecule has 1 aliphatic heterocycles. The number of methoxy groups -OCH3 is 1. The van der Waals surface area contributed by atoms with E-state index in [0.717, 1.165) is 41.5 Å². The molecule has 0 aliphatic carbocycles. The Morgan fingerprint density at radius 1 is 1.12 bits per heavy atom. The summed E-state index contributed by atoms with van der Waals surface area (Å²) >= 11 is 0. The zero-order chi connectivity index (χ0) is 17.5. The normalized spacial score (nSPS) is 15.1. The fraction of sp³-hybridized carbons (Fsp3) is 0.400. The van der Waals surface area contributed by atoms with Gasteiger partial charge in [-0.1, -0.05) is 31.2 Å². The molecule has 0 saturated heterocycles. The van der Waals surface area contributed by atoms with Gasteiger partial charge in [-0.3, -0.25) is 0 Å². The number of nitrogens with one attached hydrogen (secondary N) is 1. The number of rotatable bonds is 8. The van der Waals surface area contributed by atoms with Crippen LogP contribution in [-0.2, 0) is 6.42 Å². The van der Waals surface area contributed by atoms with Crippen molar-refractivity contribution in [3.8, 4) is 23.0 Å². The zero-order valence-electron chi connectivity index (χ0n) is 15.2. The maximum absolute atomic E-state index is 5.94. The van der Waals surface area contributed by atoms with Crippen molar-refractivity contribution < 1.29 is 18.9 Å². The molecule has 1 N–H and O–H groups in total. The average molecular weight is 380 g/mol. The molecule has 1 aliphatic rings. The SMILES string of the molecule is CCc1cccc(OC)c1OCCNC[C@@H]1COc2ccccc2O1.Cl. The Bertz CT molecular complexity index is 673. The van der Waals surface area contributed by atoms with Gasteiger partial charge in [-0.25, -0.2) is 0 Å². The van der Waals surface area contributed by atoms with E-state index in [1.54, 1.807) is 7.11 Å². The molecule has 6 heteroatoms. The number of hydrogen-bond donors (Lipinski definition) is 1. The first kappa shape index (κ1) is 20.2. The van der Waals surface area contributed by atoms with Crippen molar-refractivity contribution in [1.29, 1.82) is 0 Å². The zero-order valence-corrected chi connectivity index (χ0v) is 16.0. The largest absolute Gasteiger partial charge is 0.493 e. The molecule has 2 aromatic carbocycles. The van der Waals surface area contributed by atoms with E-state index in [0.29, 0.717) is 19.8 Å². The third-order valence-corrected chi connectivity index (χ3v) is 4.13. The van der Waals surface area contributed by atoms with E-state index in [2.05, 4.69) is 18.3 Å². The van der Waals surface area contributed by atoms with Crippen LogP contribution in [0.15, 0.2) is 42.5 Å². The quantitative estimate of drug-likeness (QED) is 0.711. The Hall–Kier alpha value is -2.11. The smallest absolute Gasteiger partial charge is 0.164 e. The summed E-state index contributed by atoms with van der Waals surface area (Å²) < 4.78 is 23.0. The third kappa shape index (κ3) is 4.96. The highest BCUT2D eigenvalue weighted by atomic mass is 35.5. The van der Waals surface area contributed by atoms with E-state index in [9.17, 15) is 0 Å². The van der Waals surface area contributed by atoms with E-state index in [1.165, 1.54) is 0 Å². The lowest BCUT2D eigenvalue weighted by Gasteiger charge is -2.26. The molecule has 0 amide bonds. The Morgan fingerprint density at radius 2 is 1.92 bits per heavy atom. The summed E-state index contributed by atoms with van der Waals surface area (Å²) in [6.07, 6.45) is 0.916. The first-order valence-electron chi connectivity index (χ1n) is 8.69. The van der Waals surface area contributed by atoms with Crippen molar-refractivity contribution in [2.24, 2.45) is 0 Å². The van der Waals surface area contributed by atoms with Crippen molar-refractivity contribution in [2.75, 3.05) is 33.4 Å². The highest BCUT2D eigenvalue weighted by Crippen LogP contribution is 2.32. The van der Waals surface area contributed by atoms with Gasteiger partial charge in [0.25, 0.3) is 0 Å². The van der Waals surface area contributed by atoms with E-state index < -0.39 is 0 Å². The second kappa shape index (κ2) is 10.1. The molecule has 3 rings (SSSR count). The van der Waals surface area contributed by atoms with E-state index in [4.69, 9.17) is 18.9 Å². The predicted octanol–water partition coefficient (Wildman–Crippen LogP) is 3.49. The van der Waals surface area contributed by atoms with Crippen LogP contribution in [0.25, 0.3) is 0 Å². The number of para-hydroxylation sites is 3. The number of aryl methyl sites for hydroxylation is 1. The average Bonchev–Trinajstić information content (AvgIpc) is 2.67. The van der Waals surface area contributed by atoms with Crippen LogP contribution in [0.5, 0.6) is 23.0 Å². The van der Waals surface area contributed by atoms with Crippen molar-refractivity contribution in [3.05, 3.63) is 48.0 Å². The van der Waals surface area contributed by atoms with Gasteiger partial charge in [0, 0.05) is 13.1 Å². The summed E-state index contributed by atoms with van der Waals surface area (Å²) in [5.74, 6) is 3.23. The molecular weight excluding hydrogens is 354 g/mol. The standard InChI is InChI=1S/C20H25NO4.ClH/c1-3-15-7-6-10-19(22-2)20(15)23-12-11-21-13-16-14-24-17-8-4-5-9-18(17)25-16;/h4-10,16,21H,3,11-14H2,1-2H3;1H/t16-;/m1./s1. The number of hydrogen-bond acceptors (Lipinski definition) is 5. The highest BCUT2D eigenvalue weighted by Gasteiger charge is 2.19. The van der Waals surface area contributed by atoms with Crippen LogP contribution in [0.2, 0.25) is 0 Å². The maximum atomic E-state index is 5.94. The van der Waals surface area contributed by atoms with Crippen molar-refractivity contribution in [1.82, 2.24) is 5.32 Å². The highest BCUT2D eigenvalue weighted by molar-refractivity contribution is 5.85. The molecule has 142 valence electrons. The molecule has 0 spiro atoms. The summed E-state index contributed by atoms with van der Waals surface area (Å²) in [6, 6.07) is 13.7. The molecule has 0 bridgehead atoms. The molecule has 2 aromatic rings. The Balaban J connectivity index is 0.00000243. The lowest BCUT2D eigenvalue weighted by Crippen LogP contribution is -2.39. The molecule has 0 saturated carbocycles. The van der Waals surface area contributed by atoms with Crippen LogP contribution in [0, 0.1) is 0 Å². The van der Waals surface area contributed by atoms with Gasteiger partial charge in [0.2, 0.25) is 0 Å². The van der Waals surface area contributed by atoms with Gasteiger partial charge >= 0.3 is 0 Å². The topological polar surface area (TPSA) is 49.0 Å². The van der Waals surface area contributed by atoms with Gasteiger partial charge in [-0.05, 0) is 30.2 Å². The van der Waals surface area contributed by atoms with Crippen LogP contribution in [0.3, 0.4) is 0 Å². The Morgan fingerprint density at radius 3 is 2.69 bits per heavy atom. The minimum absolute atomic E-state index is 0. The lowest BCUT2D eigenvalue weighted by atomic mass is 10.1. The Labute approximate surface area is 161 Å². The van der Waals surface area contributed by atoms with Gasteiger partial charge in [0.1, 0.15) is 19.3 Å². The second-order valence-corrected chi connectivity index (χ2v) is 5.85. The fourth-order valence-electron chi connectivity index (χ4n) is 2.82. The van der Waals surface area contributed by atoms with Crippen LogP contribution in [0.4, 0.5) is 0 Å². The molecule has 0 fully saturated rings. The van der Waals surface area contributed by atoms with E-state index >= 15 is 0 Å². The van der Waals surface area contributed by atoms with Crippen LogP contribution >= 0.6 is 12.4 Å². The van der Waals surface area contributed by atoms with Gasteiger partial charge < -0.3 is 24.3 Å². The minimum atomic E-state index is 0. The van der Waals surface area contributed by atoms with Crippen LogP contribution < -0.4 is 24.3 Å². The molecular formula is C20H26ClNO4. The number of fused-ring (bicyclic) bond motifs is 1. The number of ether oxygens (including phenoxy) is 4.